The maximum absolute atomic E-state index is 13.7. The van der Waals surface area contributed by atoms with Crippen LogP contribution in [0.2, 0.25) is 0 Å². The van der Waals surface area contributed by atoms with Crippen LogP contribution >= 0.6 is 0 Å². The Morgan fingerprint density at radius 2 is 1.11 bits per heavy atom. The van der Waals surface area contributed by atoms with E-state index in [2.05, 4.69) is 122 Å². The van der Waals surface area contributed by atoms with Crippen molar-refractivity contribution in [3.05, 3.63) is 159 Å². The highest BCUT2D eigenvalue weighted by Crippen LogP contribution is 2.42. The number of aryl methyl sites for hydroxylation is 4. The fourth-order valence-electron chi connectivity index (χ4n) is 7.21. The molecule has 0 fully saturated rings. The number of hydrogen-bond acceptors (Lipinski definition) is 3. The maximum atomic E-state index is 13.7. The van der Waals surface area contributed by atoms with Crippen molar-refractivity contribution in [1.29, 1.82) is 0 Å². The van der Waals surface area contributed by atoms with Crippen LogP contribution in [0.4, 0.5) is 5.69 Å². The standard InChI is InChI=1S/C31H29NO.C16H18O.C2H6O/c1-20(2)24-15-14-21(3)30-25(16-22(4)27(30)17-24)18-28-26-12-8-9-13-29(26)32(31(28)33)19-23-10-6-5-7-11-23;1-10(2)13-6-5-11(3)16-14(9-17)7-12(4)15(16)8-13;1-2-3/h5-18,20H,19H2,1-4H3;5-10H,1-4H3;3H,2H2,1H3/b28-18+;;. The zero-order valence-corrected chi connectivity index (χ0v) is 32.7. The Morgan fingerprint density at radius 3 is 1.64 bits per heavy atom. The second kappa shape index (κ2) is 17.0. The van der Waals surface area contributed by atoms with E-state index in [4.69, 9.17) is 5.11 Å². The highest BCUT2D eigenvalue weighted by Gasteiger charge is 2.32. The Bertz CT molecular complexity index is 2190. The topological polar surface area (TPSA) is 57.6 Å². The maximum Gasteiger partial charge on any atom is 0.259 e. The van der Waals surface area contributed by atoms with E-state index in [0.29, 0.717) is 18.4 Å². The quantitative estimate of drug-likeness (QED) is 0.139. The number of hydrogen-bond donors (Lipinski definition) is 1. The third kappa shape index (κ3) is 8.34. The van der Waals surface area contributed by atoms with Gasteiger partial charge in [-0.25, -0.2) is 0 Å². The lowest BCUT2D eigenvalue weighted by molar-refractivity contribution is -0.113. The number of carbonyl (C=O) groups excluding carboxylic acids is 2. The van der Waals surface area contributed by atoms with Crippen molar-refractivity contribution in [3.63, 3.8) is 0 Å². The van der Waals surface area contributed by atoms with Gasteiger partial charge in [0.15, 0.2) is 6.29 Å². The van der Waals surface area contributed by atoms with Crippen LogP contribution in [-0.2, 0) is 11.3 Å². The third-order valence-electron chi connectivity index (χ3n) is 10.1. The number of rotatable bonds is 6. The van der Waals surface area contributed by atoms with Crippen LogP contribution in [0.3, 0.4) is 0 Å². The summed E-state index contributed by atoms with van der Waals surface area (Å²) in [6, 6.07) is 35.8. The molecule has 5 aliphatic rings. The first-order chi connectivity index (χ1) is 25.4. The molecular formula is C49H53NO3. The molecule has 0 radical (unpaired) electrons. The van der Waals surface area contributed by atoms with Gasteiger partial charge in [-0.3, -0.25) is 9.59 Å². The van der Waals surface area contributed by atoms with Crippen molar-refractivity contribution in [2.45, 2.75) is 80.7 Å². The Kier molecular flexibility index (Phi) is 12.5. The first-order valence-electron chi connectivity index (χ1n) is 18.7. The second-order valence-corrected chi connectivity index (χ2v) is 14.7. The van der Waals surface area contributed by atoms with Crippen molar-refractivity contribution in [2.24, 2.45) is 0 Å². The van der Waals surface area contributed by atoms with Crippen molar-refractivity contribution in [2.75, 3.05) is 11.5 Å². The molecule has 2 aromatic rings. The lowest BCUT2D eigenvalue weighted by atomic mass is 9.99. The van der Waals surface area contributed by atoms with Crippen molar-refractivity contribution in [3.8, 4) is 22.3 Å². The van der Waals surface area contributed by atoms with E-state index in [1.807, 2.05) is 47.4 Å². The van der Waals surface area contributed by atoms with E-state index in [0.717, 1.165) is 45.4 Å². The molecule has 0 spiro atoms. The van der Waals surface area contributed by atoms with Crippen LogP contribution in [0, 0.1) is 27.7 Å². The molecule has 7 rings (SSSR count). The van der Waals surface area contributed by atoms with E-state index in [1.165, 1.54) is 50.1 Å². The molecule has 0 saturated carbocycles. The van der Waals surface area contributed by atoms with E-state index < -0.39 is 0 Å². The highest BCUT2D eigenvalue weighted by atomic mass is 16.2. The number of carbonyl (C=O) groups is 2. The first kappa shape index (κ1) is 38.9. The smallest absolute Gasteiger partial charge is 0.259 e. The molecular weight excluding hydrogens is 651 g/mol. The summed E-state index contributed by atoms with van der Waals surface area (Å²) in [4.78, 5) is 26.7. The fraction of sp³-hybridized carbons (Fsp3) is 0.265. The molecule has 53 heavy (non-hydrogen) atoms. The normalized spacial score (nSPS) is 12.9. The lowest BCUT2D eigenvalue weighted by Gasteiger charge is -2.17. The molecule has 0 bridgehead atoms. The molecule has 0 atom stereocenters. The highest BCUT2D eigenvalue weighted by molar-refractivity contribution is 6.36. The summed E-state index contributed by atoms with van der Waals surface area (Å²) in [6.45, 7) is 19.8. The molecule has 1 heterocycles. The van der Waals surface area contributed by atoms with Gasteiger partial charge in [-0.15, -0.1) is 0 Å². The number of aldehydes is 1. The molecule has 0 unspecified atom stereocenters. The number of aliphatic hydroxyl groups is 1. The number of anilines is 1. The zero-order chi connectivity index (χ0) is 38.4. The van der Waals surface area contributed by atoms with Gasteiger partial charge >= 0.3 is 0 Å². The Labute approximate surface area is 316 Å². The molecule has 0 aromatic heterocycles. The summed E-state index contributed by atoms with van der Waals surface area (Å²) in [5, 5.41) is 7.57. The summed E-state index contributed by atoms with van der Waals surface area (Å²) >= 11 is 0. The van der Waals surface area contributed by atoms with Gasteiger partial charge in [0.25, 0.3) is 5.91 Å². The van der Waals surface area contributed by atoms with Crippen LogP contribution in [-0.4, -0.2) is 23.9 Å². The van der Waals surface area contributed by atoms with Gasteiger partial charge in [-0.2, -0.15) is 0 Å². The van der Waals surface area contributed by atoms with Gasteiger partial charge in [0.1, 0.15) is 0 Å². The molecule has 2 aromatic carbocycles. The second-order valence-electron chi connectivity index (χ2n) is 14.7. The molecule has 4 nitrogen and oxygen atoms in total. The summed E-state index contributed by atoms with van der Waals surface area (Å²) in [7, 11) is 0. The van der Waals surface area contributed by atoms with Crippen LogP contribution in [0.15, 0.2) is 103 Å². The van der Waals surface area contributed by atoms with Crippen molar-refractivity contribution < 1.29 is 14.7 Å². The lowest BCUT2D eigenvalue weighted by Crippen LogP contribution is -2.25. The van der Waals surface area contributed by atoms with Crippen LogP contribution < -0.4 is 4.90 Å². The van der Waals surface area contributed by atoms with Gasteiger partial charge < -0.3 is 10.0 Å². The largest absolute Gasteiger partial charge is 0.397 e. The molecule has 1 amide bonds. The molecule has 272 valence electrons. The number of para-hydroxylation sites is 1. The minimum absolute atomic E-state index is 0.0629. The number of nitrogens with zero attached hydrogens (tertiary/aromatic N) is 1. The summed E-state index contributed by atoms with van der Waals surface area (Å²) in [5.41, 5.74) is 18.1. The number of fused-ring (bicyclic) bond motifs is 3. The number of aliphatic hydroxyl groups excluding tert-OH is 1. The fourth-order valence-corrected chi connectivity index (χ4v) is 7.21. The summed E-state index contributed by atoms with van der Waals surface area (Å²) < 4.78 is 0. The van der Waals surface area contributed by atoms with E-state index in [9.17, 15) is 9.59 Å². The predicted molar refractivity (Wildman–Crippen MR) is 223 cm³/mol. The van der Waals surface area contributed by atoms with Gasteiger partial charge in [0.2, 0.25) is 0 Å². The van der Waals surface area contributed by atoms with Crippen molar-refractivity contribution >= 4 is 29.5 Å². The average molecular weight is 704 g/mol. The number of amides is 1. The molecule has 1 aliphatic heterocycles. The number of benzene rings is 2. The first-order valence-corrected chi connectivity index (χ1v) is 18.7. The molecule has 0 saturated heterocycles. The Morgan fingerprint density at radius 1 is 0.623 bits per heavy atom. The molecule has 4 heteroatoms. The minimum atomic E-state index is 0.0629. The Hall–Kier alpha value is -5.32. The van der Waals surface area contributed by atoms with Crippen LogP contribution in [0.1, 0.15) is 107 Å². The van der Waals surface area contributed by atoms with Crippen molar-refractivity contribution in [1.82, 2.24) is 0 Å². The predicted octanol–water partition coefficient (Wildman–Crippen LogP) is 12.0. The SMILES string of the molecule is CCO.Cc1cc(/C=C2/C(=O)N(Cc3ccccc3)c3ccccc32)c2c(C)ccc(C(C)C)cc1-2.Cc1cc(C=O)c2c(C)ccc(C(C)C)cc1-2. The van der Waals surface area contributed by atoms with Gasteiger partial charge in [0, 0.05) is 23.3 Å². The van der Waals surface area contributed by atoms with Gasteiger partial charge in [-0.1, -0.05) is 119 Å². The molecule has 1 N–H and O–H groups in total. The van der Waals surface area contributed by atoms with E-state index in [1.54, 1.807) is 6.92 Å². The van der Waals surface area contributed by atoms with Gasteiger partial charge in [-0.05, 0) is 131 Å². The third-order valence-corrected chi connectivity index (χ3v) is 10.1. The zero-order valence-electron chi connectivity index (χ0n) is 32.7. The monoisotopic (exact) mass is 703 g/mol. The average Bonchev–Trinajstić information content (AvgIpc) is 3.59. The molecule has 4 aliphatic carbocycles. The van der Waals surface area contributed by atoms with E-state index >= 15 is 0 Å². The van der Waals surface area contributed by atoms with Gasteiger partial charge in [0.05, 0.1) is 12.2 Å². The Balaban J connectivity index is 0.000000227. The summed E-state index contributed by atoms with van der Waals surface area (Å²) in [6.07, 6.45) is 3.06. The van der Waals surface area contributed by atoms with E-state index in [-0.39, 0.29) is 12.5 Å². The summed E-state index contributed by atoms with van der Waals surface area (Å²) in [5.74, 6) is 1.03. The van der Waals surface area contributed by atoms with Crippen LogP contribution in [0.5, 0.6) is 0 Å². The minimum Gasteiger partial charge on any atom is -0.397 e. The van der Waals surface area contributed by atoms with Crippen LogP contribution in [0.25, 0.3) is 33.9 Å².